The average Bonchev–Trinajstić information content (AvgIpc) is 3.52. The van der Waals surface area contributed by atoms with Crippen molar-refractivity contribution in [1.82, 2.24) is 19.5 Å². The monoisotopic (exact) mass is 640 g/mol. The Morgan fingerprint density at radius 2 is 1.04 bits per heavy atom. The minimum atomic E-state index is 0.680. The van der Waals surface area contributed by atoms with Crippen molar-refractivity contribution < 1.29 is 0 Å². The quantitative estimate of drug-likeness (QED) is 0.192. The van der Waals surface area contributed by atoms with E-state index in [9.17, 15) is 0 Å². The van der Waals surface area contributed by atoms with Crippen LogP contribution in [0.1, 0.15) is 27.8 Å². The molecular weight excluding hydrogens is 609 g/mol. The highest BCUT2D eigenvalue weighted by Crippen LogP contribution is 2.37. The molecule has 0 aliphatic heterocycles. The summed E-state index contributed by atoms with van der Waals surface area (Å²) in [4.78, 5) is 14.8. The topological polar surface area (TPSA) is 43.6 Å². The fourth-order valence-electron chi connectivity index (χ4n) is 7.76. The Morgan fingerprint density at radius 3 is 1.78 bits per heavy atom. The molecule has 10 rings (SSSR count). The highest BCUT2D eigenvalue weighted by atomic mass is 15.0. The van der Waals surface area contributed by atoms with Crippen LogP contribution in [0.3, 0.4) is 0 Å². The Hall–Kier alpha value is -6.39. The first-order chi connectivity index (χ1) is 24.7. The van der Waals surface area contributed by atoms with Crippen molar-refractivity contribution in [2.24, 2.45) is 0 Å². The standard InChI is InChI=1S/C46H32N4/c1-29-11-10-17-41-40-16-8-9-18-42(40)50(43(29)41)39-22-21-33-24-36-26-35-25-34(20-19-32(35)23-37(36)27-38(33)28-39)46-48-44(30-12-4-2-5-13-30)47-45(49-46)31-14-6-3-7-15-31/h2-22,24-25,27-28H,23,26H2,1H3. The predicted molar refractivity (Wildman–Crippen MR) is 205 cm³/mol. The zero-order valence-corrected chi connectivity index (χ0v) is 27.6. The van der Waals surface area contributed by atoms with Gasteiger partial charge in [-0.3, -0.25) is 0 Å². The minimum Gasteiger partial charge on any atom is -0.309 e. The lowest BCUT2D eigenvalue weighted by molar-refractivity contribution is 1.00. The van der Waals surface area contributed by atoms with Gasteiger partial charge in [0.05, 0.1) is 11.0 Å². The number of aromatic nitrogens is 4. The van der Waals surface area contributed by atoms with E-state index >= 15 is 0 Å². The second kappa shape index (κ2) is 11.4. The second-order valence-electron chi connectivity index (χ2n) is 13.4. The van der Waals surface area contributed by atoms with Crippen molar-refractivity contribution in [3.63, 3.8) is 0 Å². The molecule has 7 aromatic carbocycles. The van der Waals surface area contributed by atoms with Gasteiger partial charge in [-0.05, 0) is 82.6 Å². The van der Waals surface area contributed by atoms with Crippen molar-refractivity contribution in [1.29, 1.82) is 0 Å². The van der Waals surface area contributed by atoms with Gasteiger partial charge in [-0.1, -0.05) is 127 Å². The normalized spacial score (nSPS) is 12.3. The fourth-order valence-corrected chi connectivity index (χ4v) is 7.76. The molecule has 0 spiro atoms. The number of nitrogens with zero attached hydrogens (tertiary/aromatic N) is 4. The van der Waals surface area contributed by atoms with Gasteiger partial charge in [0.25, 0.3) is 0 Å². The maximum atomic E-state index is 4.98. The van der Waals surface area contributed by atoms with E-state index in [0.29, 0.717) is 17.5 Å². The number of hydrogen-bond donors (Lipinski definition) is 0. The Balaban J connectivity index is 1.03. The molecular formula is C46H32N4. The molecule has 4 heteroatoms. The molecule has 0 atom stereocenters. The first-order valence-electron chi connectivity index (χ1n) is 17.2. The molecule has 236 valence electrons. The van der Waals surface area contributed by atoms with Gasteiger partial charge in [-0.25, -0.2) is 15.0 Å². The largest absolute Gasteiger partial charge is 0.309 e. The molecule has 50 heavy (non-hydrogen) atoms. The van der Waals surface area contributed by atoms with Gasteiger partial charge < -0.3 is 4.57 Å². The van der Waals surface area contributed by atoms with Crippen LogP contribution in [0.2, 0.25) is 0 Å². The first-order valence-corrected chi connectivity index (χ1v) is 17.2. The molecule has 1 aliphatic carbocycles. The maximum absolute atomic E-state index is 4.98. The second-order valence-corrected chi connectivity index (χ2v) is 13.4. The van der Waals surface area contributed by atoms with Crippen LogP contribution in [0, 0.1) is 6.92 Å². The van der Waals surface area contributed by atoms with Crippen LogP contribution in [0.4, 0.5) is 0 Å². The first kappa shape index (κ1) is 28.6. The molecule has 0 saturated carbocycles. The van der Waals surface area contributed by atoms with Gasteiger partial charge >= 0.3 is 0 Å². The molecule has 1 aliphatic rings. The van der Waals surface area contributed by atoms with E-state index in [0.717, 1.165) is 29.5 Å². The van der Waals surface area contributed by atoms with Crippen molar-refractivity contribution in [3.8, 4) is 39.9 Å². The summed E-state index contributed by atoms with van der Waals surface area (Å²) >= 11 is 0. The third-order valence-electron chi connectivity index (χ3n) is 10.2. The summed E-state index contributed by atoms with van der Waals surface area (Å²) in [6, 6.07) is 54.1. The molecule has 0 saturated heterocycles. The molecule has 0 amide bonds. The SMILES string of the molecule is Cc1cccc2c3ccccc3n(-c3ccc4cc5c(cc4c3)Cc3ccc(-c4nc(-c6ccccc6)nc(-c6ccccc6)n4)cc3C5)c12. The lowest BCUT2D eigenvalue weighted by Gasteiger charge is -2.22. The molecule has 2 heterocycles. The molecule has 0 radical (unpaired) electrons. The molecule has 9 aromatic rings. The summed E-state index contributed by atoms with van der Waals surface area (Å²) in [5.74, 6) is 2.05. The van der Waals surface area contributed by atoms with Gasteiger partial charge in [-0.2, -0.15) is 0 Å². The number of aryl methyl sites for hydroxylation is 1. The third kappa shape index (κ3) is 4.72. The number of hydrogen-bond acceptors (Lipinski definition) is 3. The molecule has 0 unspecified atom stereocenters. The zero-order chi connectivity index (χ0) is 33.2. The molecule has 4 nitrogen and oxygen atoms in total. The molecule has 0 fully saturated rings. The number of benzene rings is 7. The van der Waals surface area contributed by atoms with Crippen molar-refractivity contribution in [3.05, 3.63) is 179 Å². The number of fused-ring (bicyclic) bond motifs is 6. The lowest BCUT2D eigenvalue weighted by Crippen LogP contribution is -2.08. The van der Waals surface area contributed by atoms with Gasteiger partial charge in [0, 0.05) is 33.2 Å². The minimum absolute atomic E-state index is 0.680. The highest BCUT2D eigenvalue weighted by Gasteiger charge is 2.20. The van der Waals surface area contributed by atoms with Crippen LogP contribution in [0.5, 0.6) is 0 Å². The van der Waals surface area contributed by atoms with Crippen LogP contribution >= 0.6 is 0 Å². The lowest BCUT2D eigenvalue weighted by atomic mass is 9.84. The fraction of sp³-hybridized carbons (Fsp3) is 0.0652. The highest BCUT2D eigenvalue weighted by molar-refractivity contribution is 6.10. The van der Waals surface area contributed by atoms with Crippen LogP contribution in [0.15, 0.2) is 152 Å². The summed E-state index contributed by atoms with van der Waals surface area (Å²) in [6.07, 6.45) is 1.78. The van der Waals surface area contributed by atoms with Crippen LogP contribution in [0.25, 0.3) is 72.4 Å². The van der Waals surface area contributed by atoms with E-state index in [1.54, 1.807) is 0 Å². The van der Waals surface area contributed by atoms with E-state index in [2.05, 4.69) is 127 Å². The van der Waals surface area contributed by atoms with Gasteiger partial charge in [0.2, 0.25) is 0 Å². The number of rotatable bonds is 4. The predicted octanol–water partition coefficient (Wildman–Crippen LogP) is 10.9. The third-order valence-corrected chi connectivity index (χ3v) is 10.2. The molecule has 2 aromatic heterocycles. The summed E-state index contributed by atoms with van der Waals surface area (Å²) in [7, 11) is 0. The van der Waals surface area contributed by atoms with Gasteiger partial charge in [0.1, 0.15) is 0 Å². The van der Waals surface area contributed by atoms with Crippen LogP contribution in [-0.2, 0) is 12.8 Å². The zero-order valence-electron chi connectivity index (χ0n) is 27.6. The van der Waals surface area contributed by atoms with E-state index in [1.807, 2.05) is 36.4 Å². The average molecular weight is 641 g/mol. The molecule has 0 bridgehead atoms. The van der Waals surface area contributed by atoms with Crippen LogP contribution < -0.4 is 0 Å². The van der Waals surface area contributed by atoms with E-state index in [4.69, 9.17) is 15.0 Å². The van der Waals surface area contributed by atoms with Crippen molar-refractivity contribution in [2.45, 2.75) is 19.8 Å². The Bertz CT molecular complexity index is 2700. The van der Waals surface area contributed by atoms with Gasteiger partial charge in [0.15, 0.2) is 17.5 Å². The summed E-state index contributed by atoms with van der Waals surface area (Å²) in [5.41, 5.74) is 13.4. The summed E-state index contributed by atoms with van der Waals surface area (Å²) < 4.78 is 2.43. The van der Waals surface area contributed by atoms with Gasteiger partial charge in [-0.15, -0.1) is 0 Å². The van der Waals surface area contributed by atoms with E-state index < -0.39 is 0 Å². The Labute approximate surface area is 290 Å². The van der Waals surface area contributed by atoms with E-state index in [-0.39, 0.29) is 0 Å². The number of para-hydroxylation sites is 2. The van der Waals surface area contributed by atoms with Crippen molar-refractivity contribution in [2.75, 3.05) is 0 Å². The smallest absolute Gasteiger partial charge is 0.164 e. The summed E-state index contributed by atoms with van der Waals surface area (Å²) in [6.45, 7) is 2.21. The van der Waals surface area contributed by atoms with Crippen LogP contribution in [-0.4, -0.2) is 19.5 Å². The van der Waals surface area contributed by atoms with Crippen molar-refractivity contribution >= 4 is 32.6 Å². The van der Waals surface area contributed by atoms with E-state index in [1.165, 1.54) is 66.1 Å². The Morgan fingerprint density at radius 1 is 0.440 bits per heavy atom. The molecule has 0 N–H and O–H groups in total. The summed E-state index contributed by atoms with van der Waals surface area (Å²) in [5, 5.41) is 5.12. The Kier molecular flexibility index (Phi) is 6.50. The maximum Gasteiger partial charge on any atom is 0.164 e.